The summed E-state index contributed by atoms with van der Waals surface area (Å²) in [5.74, 6) is 0.628. The van der Waals surface area contributed by atoms with E-state index in [1.165, 1.54) is 19.5 Å². The second-order valence-electron chi connectivity index (χ2n) is 8.56. The van der Waals surface area contributed by atoms with Gasteiger partial charge in [0.25, 0.3) is 0 Å². The number of methoxy groups -OCH3 is 1. The molecule has 2 unspecified atom stereocenters. The zero-order valence-corrected chi connectivity index (χ0v) is 19.7. The summed E-state index contributed by atoms with van der Waals surface area (Å²) in [6.45, 7) is 4.04. The lowest BCUT2D eigenvalue weighted by Gasteiger charge is -2.39. The average Bonchev–Trinajstić information content (AvgIpc) is 3.27. The Morgan fingerprint density at radius 2 is 2.31 bits per heavy atom. The summed E-state index contributed by atoms with van der Waals surface area (Å²) in [5.41, 5.74) is 4.69. The number of hydrogen-bond donors (Lipinski definition) is 4. The highest BCUT2D eigenvalue weighted by molar-refractivity contribution is 5.94. The molecule has 182 valence electrons. The van der Waals surface area contributed by atoms with Crippen LogP contribution in [0.3, 0.4) is 0 Å². The van der Waals surface area contributed by atoms with Crippen molar-refractivity contribution in [1.29, 1.82) is 10.7 Å². The molecule has 2 aromatic rings. The third-order valence-electron chi connectivity index (χ3n) is 6.36. The van der Waals surface area contributed by atoms with Gasteiger partial charge in [0.1, 0.15) is 29.8 Å². The van der Waals surface area contributed by atoms with Crippen LogP contribution in [0.15, 0.2) is 36.2 Å². The van der Waals surface area contributed by atoms with Crippen LogP contribution in [0.25, 0.3) is 0 Å². The minimum absolute atomic E-state index is 0.0184. The van der Waals surface area contributed by atoms with Crippen LogP contribution in [0.2, 0.25) is 0 Å². The molecule has 35 heavy (non-hydrogen) atoms. The zero-order chi connectivity index (χ0) is 24.9. The number of fused-ring (bicyclic) bond motifs is 1. The average molecular weight is 477 g/mol. The van der Waals surface area contributed by atoms with Gasteiger partial charge in [-0.15, -0.1) is 0 Å². The lowest BCUT2D eigenvalue weighted by Crippen LogP contribution is -2.54. The number of nitrogens with zero attached hydrogens (tertiary/aromatic N) is 3. The predicted molar refractivity (Wildman–Crippen MR) is 129 cm³/mol. The van der Waals surface area contributed by atoms with Crippen molar-refractivity contribution in [2.75, 3.05) is 38.7 Å². The molecule has 4 N–H and O–H groups in total. The molecule has 1 aromatic heterocycles. The SMILES string of the molecule is COc1cc(N/C=C(\C=N)CN2CC(CO)NC(c3ccc4c(c3C)COC4=O)C2)ncc1C#N. The Bertz CT molecular complexity index is 1210. The molecule has 10 heteroatoms. The first-order valence-corrected chi connectivity index (χ1v) is 11.3. The summed E-state index contributed by atoms with van der Waals surface area (Å²) >= 11 is 0. The molecule has 2 aliphatic rings. The van der Waals surface area contributed by atoms with Gasteiger partial charge < -0.3 is 30.6 Å². The Morgan fingerprint density at radius 3 is 3.03 bits per heavy atom. The van der Waals surface area contributed by atoms with Gasteiger partial charge in [-0.05, 0) is 29.7 Å². The van der Waals surface area contributed by atoms with Gasteiger partial charge in [-0.1, -0.05) is 6.07 Å². The number of cyclic esters (lactones) is 1. The number of nitriles is 1. The van der Waals surface area contributed by atoms with Crippen LogP contribution >= 0.6 is 0 Å². The molecule has 1 saturated heterocycles. The molecule has 1 aromatic carbocycles. The molecule has 0 spiro atoms. The number of nitrogens with one attached hydrogen (secondary N) is 3. The third kappa shape index (κ3) is 5.17. The van der Waals surface area contributed by atoms with Gasteiger partial charge in [0.05, 0.1) is 25.5 Å². The molecule has 2 atom stereocenters. The Balaban J connectivity index is 1.50. The number of rotatable bonds is 8. The molecule has 0 saturated carbocycles. The van der Waals surface area contributed by atoms with E-state index in [1.54, 1.807) is 12.3 Å². The standard InChI is InChI=1S/C25H28N6O4/c1-15-19(3-4-20-21(15)14-35-25(20)33)22-12-31(11-18(13-32)30-22)10-16(6-26)8-28-24-5-23(34-2)17(7-27)9-29-24/h3-6,8-9,18,22,26,30,32H,10-14H2,1-2H3,(H,28,29)/b16-8+,26-6?. The summed E-state index contributed by atoms with van der Waals surface area (Å²) in [7, 11) is 1.49. The number of anilines is 1. The van der Waals surface area contributed by atoms with E-state index in [1.807, 2.05) is 25.1 Å². The summed E-state index contributed by atoms with van der Waals surface area (Å²) in [5, 5.41) is 33.5. The third-order valence-corrected chi connectivity index (χ3v) is 6.36. The second kappa shape index (κ2) is 10.7. The molecule has 0 bridgehead atoms. The van der Waals surface area contributed by atoms with E-state index in [0.717, 1.165) is 22.3 Å². The zero-order valence-electron chi connectivity index (χ0n) is 19.7. The van der Waals surface area contributed by atoms with E-state index >= 15 is 0 Å². The van der Waals surface area contributed by atoms with E-state index < -0.39 is 0 Å². The Kier molecular flexibility index (Phi) is 7.41. The van der Waals surface area contributed by atoms with E-state index in [-0.39, 0.29) is 31.3 Å². The topological polar surface area (TPSA) is 144 Å². The van der Waals surface area contributed by atoms with Crippen molar-refractivity contribution in [3.8, 4) is 11.8 Å². The summed E-state index contributed by atoms with van der Waals surface area (Å²) in [4.78, 5) is 18.3. The van der Waals surface area contributed by atoms with Crippen LogP contribution in [-0.4, -0.2) is 66.6 Å². The van der Waals surface area contributed by atoms with Gasteiger partial charge in [-0.25, -0.2) is 9.78 Å². The fraction of sp³-hybridized carbons (Fsp3) is 0.360. The van der Waals surface area contributed by atoms with Crippen molar-refractivity contribution in [2.24, 2.45) is 0 Å². The van der Waals surface area contributed by atoms with Crippen molar-refractivity contribution in [1.82, 2.24) is 15.2 Å². The van der Waals surface area contributed by atoms with Crippen LogP contribution < -0.4 is 15.4 Å². The van der Waals surface area contributed by atoms with Gasteiger partial charge in [0, 0.05) is 55.8 Å². The van der Waals surface area contributed by atoms with E-state index in [0.29, 0.717) is 42.3 Å². The van der Waals surface area contributed by atoms with Crippen molar-refractivity contribution < 1.29 is 19.4 Å². The number of benzene rings is 1. The highest BCUT2D eigenvalue weighted by Gasteiger charge is 2.31. The quantitative estimate of drug-likeness (QED) is 0.332. The number of pyridine rings is 1. The number of hydrogen-bond acceptors (Lipinski definition) is 10. The monoisotopic (exact) mass is 476 g/mol. The Labute approximate surface area is 203 Å². The Hall–Kier alpha value is -3.78. The van der Waals surface area contributed by atoms with Crippen molar-refractivity contribution in [2.45, 2.75) is 25.6 Å². The maximum atomic E-state index is 11.9. The van der Waals surface area contributed by atoms with Crippen LogP contribution in [0.5, 0.6) is 5.75 Å². The van der Waals surface area contributed by atoms with Gasteiger partial charge >= 0.3 is 5.97 Å². The highest BCUT2D eigenvalue weighted by Crippen LogP contribution is 2.31. The normalized spacial score (nSPS) is 20.1. The molecular formula is C25H28N6O4. The van der Waals surface area contributed by atoms with Crippen molar-refractivity contribution >= 4 is 18.0 Å². The summed E-state index contributed by atoms with van der Waals surface area (Å²) < 4.78 is 10.4. The number of carbonyl (C=O) groups excluding carboxylic acids is 1. The highest BCUT2D eigenvalue weighted by atomic mass is 16.5. The molecule has 3 heterocycles. The van der Waals surface area contributed by atoms with Crippen LogP contribution in [0.1, 0.15) is 38.7 Å². The number of esters is 1. The van der Waals surface area contributed by atoms with Crippen molar-refractivity contribution in [3.63, 3.8) is 0 Å². The summed E-state index contributed by atoms with van der Waals surface area (Å²) in [6, 6.07) is 7.24. The number of piperazine rings is 1. The van der Waals surface area contributed by atoms with Crippen molar-refractivity contribution in [3.05, 3.63) is 64.0 Å². The number of aliphatic hydroxyl groups excluding tert-OH is 1. The molecule has 0 aliphatic carbocycles. The minimum atomic E-state index is -0.288. The largest absolute Gasteiger partial charge is 0.495 e. The van der Waals surface area contributed by atoms with Crippen LogP contribution in [-0.2, 0) is 11.3 Å². The molecule has 1 fully saturated rings. The molecule has 0 amide bonds. The smallest absolute Gasteiger partial charge is 0.338 e. The van der Waals surface area contributed by atoms with Crippen LogP contribution in [0, 0.1) is 23.7 Å². The first kappa shape index (κ1) is 24.3. The number of ether oxygens (including phenoxy) is 2. The number of aliphatic hydroxyl groups is 1. The lowest BCUT2D eigenvalue weighted by molar-refractivity contribution is 0.0535. The number of aromatic nitrogens is 1. The maximum Gasteiger partial charge on any atom is 0.338 e. The first-order valence-electron chi connectivity index (χ1n) is 11.3. The molecule has 4 rings (SSSR count). The molecular weight excluding hydrogens is 448 g/mol. The van der Waals surface area contributed by atoms with E-state index in [9.17, 15) is 9.90 Å². The summed E-state index contributed by atoms with van der Waals surface area (Å²) in [6.07, 6.45) is 4.42. The van der Waals surface area contributed by atoms with E-state index in [2.05, 4.69) is 20.5 Å². The fourth-order valence-corrected chi connectivity index (χ4v) is 4.53. The van der Waals surface area contributed by atoms with Gasteiger partial charge in [0.2, 0.25) is 0 Å². The molecule has 10 nitrogen and oxygen atoms in total. The fourth-order valence-electron chi connectivity index (χ4n) is 4.53. The minimum Gasteiger partial charge on any atom is -0.495 e. The van der Waals surface area contributed by atoms with E-state index in [4.69, 9.17) is 20.1 Å². The predicted octanol–water partition coefficient (Wildman–Crippen LogP) is 1.89. The van der Waals surface area contributed by atoms with Gasteiger partial charge in [0.15, 0.2) is 0 Å². The molecule has 2 aliphatic heterocycles. The lowest BCUT2D eigenvalue weighted by atomic mass is 9.92. The Morgan fingerprint density at radius 1 is 1.49 bits per heavy atom. The van der Waals surface area contributed by atoms with Crippen LogP contribution in [0.4, 0.5) is 5.82 Å². The molecule has 0 radical (unpaired) electrons. The van der Waals surface area contributed by atoms with Gasteiger partial charge in [-0.3, -0.25) is 4.90 Å². The second-order valence-corrected chi connectivity index (χ2v) is 8.56. The number of carbonyl (C=O) groups is 1. The van der Waals surface area contributed by atoms with Gasteiger partial charge in [-0.2, -0.15) is 5.26 Å². The first-order chi connectivity index (χ1) is 17.0. The maximum absolute atomic E-state index is 11.9.